The quantitative estimate of drug-likeness (QED) is 0.335. The number of ether oxygens (including phenoxy) is 1. The number of thiophene rings is 1. The van der Waals surface area contributed by atoms with Gasteiger partial charge < -0.3 is 14.5 Å². The Morgan fingerprint density at radius 1 is 1.20 bits per heavy atom. The average Bonchev–Trinajstić information content (AvgIpc) is 3.56. The van der Waals surface area contributed by atoms with Crippen molar-refractivity contribution in [2.24, 2.45) is 0 Å². The molecule has 0 spiro atoms. The van der Waals surface area contributed by atoms with E-state index in [0.717, 1.165) is 82.7 Å². The summed E-state index contributed by atoms with van der Waals surface area (Å²) in [6.45, 7) is 1.63. The van der Waals surface area contributed by atoms with Crippen LogP contribution >= 0.6 is 23.1 Å². The van der Waals surface area contributed by atoms with E-state index >= 15 is 0 Å². The molecule has 0 saturated carbocycles. The van der Waals surface area contributed by atoms with Crippen LogP contribution in [0.3, 0.4) is 0 Å². The summed E-state index contributed by atoms with van der Waals surface area (Å²) in [5, 5.41) is 5.54. The van der Waals surface area contributed by atoms with Gasteiger partial charge in [-0.05, 0) is 61.6 Å². The second-order valence-electron chi connectivity index (χ2n) is 7.78. The topological polar surface area (TPSA) is 73.1 Å². The highest BCUT2D eigenvalue weighted by atomic mass is 32.2. The van der Waals surface area contributed by atoms with E-state index in [4.69, 9.17) is 24.1 Å². The van der Waals surface area contributed by atoms with E-state index in [9.17, 15) is 0 Å². The monoisotopic (exact) mass is 438 g/mol. The molecular formula is C22H22N4O2S2. The van der Waals surface area contributed by atoms with Crippen molar-refractivity contribution in [2.75, 3.05) is 24.7 Å². The van der Waals surface area contributed by atoms with Gasteiger partial charge in [0.05, 0.1) is 22.6 Å². The average molecular weight is 439 g/mol. The summed E-state index contributed by atoms with van der Waals surface area (Å²) in [6, 6.07) is 3.93. The number of anilines is 1. The van der Waals surface area contributed by atoms with E-state index in [1.54, 1.807) is 29.4 Å². The normalized spacial score (nSPS) is 18.5. The van der Waals surface area contributed by atoms with Gasteiger partial charge in [0.2, 0.25) is 0 Å². The number of aryl methyl sites for hydroxylation is 1. The molecule has 4 aromatic heterocycles. The van der Waals surface area contributed by atoms with Crippen molar-refractivity contribution in [3.63, 3.8) is 0 Å². The number of thioether (sulfide) groups is 1. The fourth-order valence-corrected chi connectivity index (χ4v) is 6.07. The molecule has 8 heteroatoms. The van der Waals surface area contributed by atoms with Crippen LogP contribution < -0.4 is 5.32 Å². The molecule has 30 heavy (non-hydrogen) atoms. The molecule has 0 radical (unpaired) electrons. The van der Waals surface area contributed by atoms with Crippen LogP contribution in [0.5, 0.6) is 0 Å². The van der Waals surface area contributed by atoms with E-state index < -0.39 is 0 Å². The molecule has 1 aliphatic carbocycles. The summed E-state index contributed by atoms with van der Waals surface area (Å²) >= 11 is 3.26. The second kappa shape index (κ2) is 7.51. The molecule has 0 bridgehead atoms. The van der Waals surface area contributed by atoms with Gasteiger partial charge in [-0.3, -0.25) is 0 Å². The largest absolute Gasteiger partial charge is 0.463 e. The summed E-state index contributed by atoms with van der Waals surface area (Å²) in [4.78, 5) is 15.8. The third-order valence-corrected chi connectivity index (χ3v) is 7.60. The van der Waals surface area contributed by atoms with Crippen LogP contribution in [0.25, 0.3) is 31.9 Å². The number of aromatic nitrogens is 3. The third-order valence-electron chi connectivity index (χ3n) is 5.97. The highest BCUT2D eigenvalue weighted by molar-refractivity contribution is 7.98. The molecular weight excluding hydrogens is 416 g/mol. The lowest BCUT2D eigenvalue weighted by molar-refractivity contribution is 0.120. The lowest BCUT2D eigenvalue weighted by atomic mass is 10.0. The van der Waals surface area contributed by atoms with Crippen molar-refractivity contribution < 1.29 is 9.15 Å². The maximum absolute atomic E-state index is 5.79. The number of furan rings is 1. The first-order valence-electron chi connectivity index (χ1n) is 10.4. The molecule has 5 heterocycles. The van der Waals surface area contributed by atoms with Gasteiger partial charge in [-0.1, -0.05) is 11.8 Å². The van der Waals surface area contributed by atoms with E-state index in [1.807, 2.05) is 18.4 Å². The number of fused-ring (bicyclic) bond motifs is 5. The first-order valence-corrected chi connectivity index (χ1v) is 12.5. The molecule has 1 fully saturated rings. The van der Waals surface area contributed by atoms with Crippen LogP contribution in [0, 0.1) is 0 Å². The fourth-order valence-electron chi connectivity index (χ4n) is 4.59. The zero-order valence-corrected chi connectivity index (χ0v) is 18.4. The van der Waals surface area contributed by atoms with Gasteiger partial charge in [-0.25, -0.2) is 15.0 Å². The van der Waals surface area contributed by atoms with Crippen molar-refractivity contribution in [2.45, 2.75) is 43.4 Å². The number of hydrogen-bond acceptors (Lipinski definition) is 8. The van der Waals surface area contributed by atoms with Crippen LogP contribution in [-0.2, 0) is 17.6 Å². The Morgan fingerprint density at radius 2 is 2.13 bits per heavy atom. The minimum Gasteiger partial charge on any atom is -0.463 e. The van der Waals surface area contributed by atoms with Gasteiger partial charge in [0, 0.05) is 18.5 Å². The van der Waals surface area contributed by atoms with E-state index in [0.29, 0.717) is 0 Å². The van der Waals surface area contributed by atoms with E-state index in [1.165, 1.54) is 16.5 Å². The predicted molar refractivity (Wildman–Crippen MR) is 122 cm³/mol. The maximum atomic E-state index is 5.79. The molecule has 1 aliphatic heterocycles. The molecule has 4 aromatic rings. The number of hydrogen-bond donors (Lipinski definition) is 1. The van der Waals surface area contributed by atoms with Crippen LogP contribution in [0.4, 0.5) is 5.82 Å². The fraction of sp³-hybridized carbons (Fsp3) is 0.409. The molecule has 0 amide bonds. The first kappa shape index (κ1) is 18.6. The smallest absolute Gasteiger partial charge is 0.189 e. The summed E-state index contributed by atoms with van der Waals surface area (Å²) in [7, 11) is 0. The zero-order chi connectivity index (χ0) is 20.1. The van der Waals surface area contributed by atoms with Crippen molar-refractivity contribution in [1.29, 1.82) is 0 Å². The molecule has 1 saturated heterocycles. The molecule has 154 valence electrons. The van der Waals surface area contributed by atoms with Crippen LogP contribution in [-0.4, -0.2) is 40.5 Å². The van der Waals surface area contributed by atoms with Gasteiger partial charge in [-0.2, -0.15) is 0 Å². The lowest BCUT2D eigenvalue weighted by Crippen LogP contribution is -2.19. The lowest BCUT2D eigenvalue weighted by Gasteiger charge is -2.12. The summed E-state index contributed by atoms with van der Waals surface area (Å²) in [5.74, 6) is 1.74. The first-order chi connectivity index (χ1) is 14.8. The zero-order valence-electron chi connectivity index (χ0n) is 16.7. The van der Waals surface area contributed by atoms with Gasteiger partial charge in [0.15, 0.2) is 10.9 Å². The van der Waals surface area contributed by atoms with Gasteiger partial charge in [-0.15, -0.1) is 11.3 Å². The van der Waals surface area contributed by atoms with Gasteiger partial charge >= 0.3 is 0 Å². The Balaban J connectivity index is 1.54. The summed E-state index contributed by atoms with van der Waals surface area (Å²) in [5.41, 5.74) is 4.71. The van der Waals surface area contributed by atoms with Crippen molar-refractivity contribution >= 4 is 49.3 Å². The van der Waals surface area contributed by atoms with Crippen molar-refractivity contribution in [3.05, 3.63) is 29.5 Å². The molecule has 6 rings (SSSR count). The van der Waals surface area contributed by atoms with Gasteiger partial charge in [0.25, 0.3) is 0 Å². The van der Waals surface area contributed by atoms with Crippen molar-refractivity contribution in [3.8, 4) is 11.5 Å². The van der Waals surface area contributed by atoms with Crippen LogP contribution in [0.15, 0.2) is 28.0 Å². The second-order valence-corrected chi connectivity index (χ2v) is 9.56. The molecule has 1 atom stereocenters. The van der Waals surface area contributed by atoms with Gasteiger partial charge in [0.1, 0.15) is 16.3 Å². The standard InChI is InChI=1S/C22H22N4O2S2/c1-29-22-25-18-16-13-6-2-7-14(13)17(15-8-4-10-28-15)24-21(16)30-19(18)20(26-22)23-11-12-5-3-9-27-12/h4,8,10,12H,2-3,5-7,9,11H2,1H3,(H,23,25,26)/t12-/m1/s1. The van der Waals surface area contributed by atoms with Crippen molar-refractivity contribution in [1.82, 2.24) is 15.0 Å². The minimum absolute atomic E-state index is 0.259. The molecule has 1 N–H and O–H groups in total. The Bertz CT molecular complexity index is 1230. The minimum atomic E-state index is 0.259. The third kappa shape index (κ3) is 3.01. The number of pyridine rings is 1. The Kier molecular flexibility index (Phi) is 4.66. The Labute approximate surface area is 182 Å². The van der Waals surface area contributed by atoms with E-state index in [2.05, 4.69) is 5.32 Å². The highest BCUT2D eigenvalue weighted by Crippen LogP contribution is 2.44. The molecule has 0 unspecified atom stereocenters. The number of rotatable bonds is 5. The maximum Gasteiger partial charge on any atom is 0.189 e. The Hall–Kier alpha value is -2.16. The Morgan fingerprint density at radius 3 is 2.93 bits per heavy atom. The van der Waals surface area contributed by atoms with E-state index in [-0.39, 0.29) is 6.10 Å². The van der Waals surface area contributed by atoms with Crippen LogP contribution in [0.2, 0.25) is 0 Å². The number of nitrogens with one attached hydrogen (secondary N) is 1. The van der Waals surface area contributed by atoms with Crippen LogP contribution in [0.1, 0.15) is 30.4 Å². The SMILES string of the molecule is CSc1nc(NC[C@H]2CCCO2)c2sc3nc(-c4ccco4)c4c(c3c2n1)CCC4. The molecule has 0 aromatic carbocycles. The summed E-state index contributed by atoms with van der Waals surface area (Å²) < 4.78 is 12.6. The number of nitrogens with zero attached hydrogens (tertiary/aromatic N) is 3. The predicted octanol–water partition coefficient (Wildman–Crippen LogP) is 5.30. The summed E-state index contributed by atoms with van der Waals surface area (Å²) in [6.07, 6.45) is 9.48. The highest BCUT2D eigenvalue weighted by Gasteiger charge is 2.26. The molecule has 2 aliphatic rings. The molecule has 6 nitrogen and oxygen atoms in total.